The first-order valence-electron chi connectivity index (χ1n) is 4.68. The Hall–Kier alpha value is -1.03. The maximum Gasteiger partial charge on any atom is 0.149 e. The highest BCUT2D eigenvalue weighted by molar-refractivity contribution is 9.10. The number of halogens is 1. The van der Waals surface area contributed by atoms with Gasteiger partial charge in [-0.1, -0.05) is 0 Å². The van der Waals surface area contributed by atoms with Crippen molar-refractivity contribution in [2.45, 2.75) is 18.8 Å². The summed E-state index contributed by atoms with van der Waals surface area (Å²) in [5.74, 6) is 2.37. The molecule has 0 bridgehead atoms. The Bertz CT molecular complexity index is 499. The van der Waals surface area contributed by atoms with E-state index in [1.165, 1.54) is 12.8 Å². The number of nitrogens with zero attached hydrogens (tertiary/aromatic N) is 2. The molecule has 3 nitrogen and oxygen atoms in total. The molecule has 2 aromatic heterocycles. The van der Waals surface area contributed by atoms with Crippen LogP contribution < -0.4 is 5.73 Å². The van der Waals surface area contributed by atoms with Crippen LogP contribution >= 0.6 is 15.9 Å². The monoisotopic (exact) mass is 251 g/mol. The number of aromatic nitrogens is 2. The largest absolute Gasteiger partial charge is 0.382 e. The van der Waals surface area contributed by atoms with E-state index in [0.717, 1.165) is 15.8 Å². The Morgan fingerprint density at radius 2 is 2.21 bits per heavy atom. The summed E-state index contributed by atoms with van der Waals surface area (Å²) in [5.41, 5.74) is 6.85. The van der Waals surface area contributed by atoms with Crippen LogP contribution in [0.25, 0.3) is 5.52 Å². The van der Waals surface area contributed by atoms with Crippen molar-refractivity contribution in [1.29, 1.82) is 0 Å². The highest BCUT2D eigenvalue weighted by Gasteiger charge is 2.28. The third-order valence-electron chi connectivity index (χ3n) is 2.60. The standard InChI is InChI=1S/C10H10BrN3/c11-7-3-4-8-9(12)13-10(6-1-2-6)14(8)5-7/h3-6H,1-2,12H2. The highest BCUT2D eigenvalue weighted by atomic mass is 79.9. The van der Waals surface area contributed by atoms with Gasteiger partial charge >= 0.3 is 0 Å². The first-order chi connectivity index (χ1) is 6.75. The second kappa shape index (κ2) is 2.73. The number of nitrogen functional groups attached to an aromatic ring is 1. The van der Waals surface area contributed by atoms with Gasteiger partial charge in [-0.15, -0.1) is 0 Å². The van der Waals surface area contributed by atoms with Gasteiger partial charge in [0.1, 0.15) is 11.6 Å². The van der Waals surface area contributed by atoms with Crippen molar-refractivity contribution < 1.29 is 0 Å². The van der Waals surface area contributed by atoms with E-state index in [9.17, 15) is 0 Å². The normalized spacial score (nSPS) is 16.4. The fourth-order valence-electron chi connectivity index (χ4n) is 1.74. The number of rotatable bonds is 1. The van der Waals surface area contributed by atoms with Crippen LogP contribution in [-0.2, 0) is 0 Å². The minimum atomic E-state index is 0.620. The van der Waals surface area contributed by atoms with E-state index >= 15 is 0 Å². The van der Waals surface area contributed by atoms with Gasteiger partial charge in [0.15, 0.2) is 0 Å². The van der Waals surface area contributed by atoms with Gasteiger partial charge in [-0.2, -0.15) is 0 Å². The maximum absolute atomic E-state index is 5.85. The van der Waals surface area contributed by atoms with Gasteiger partial charge in [-0.25, -0.2) is 4.98 Å². The van der Waals surface area contributed by atoms with E-state index in [0.29, 0.717) is 11.7 Å². The number of imidazole rings is 1. The highest BCUT2D eigenvalue weighted by Crippen LogP contribution is 2.40. The lowest BCUT2D eigenvalue weighted by atomic mass is 10.4. The van der Waals surface area contributed by atoms with Crippen LogP contribution in [0.15, 0.2) is 22.8 Å². The number of hydrogen-bond donors (Lipinski definition) is 1. The lowest BCUT2D eigenvalue weighted by molar-refractivity contribution is 0.920. The summed E-state index contributed by atoms with van der Waals surface area (Å²) in [6.45, 7) is 0. The molecule has 1 fully saturated rings. The number of nitrogens with two attached hydrogens (primary N) is 1. The molecule has 0 spiro atoms. The lowest BCUT2D eigenvalue weighted by Gasteiger charge is -1.98. The third-order valence-corrected chi connectivity index (χ3v) is 3.07. The molecule has 2 N–H and O–H groups in total. The molecule has 0 aliphatic heterocycles. The number of fused-ring (bicyclic) bond motifs is 1. The van der Waals surface area contributed by atoms with E-state index in [1.54, 1.807) is 0 Å². The van der Waals surface area contributed by atoms with Crippen molar-refractivity contribution in [2.75, 3.05) is 5.73 Å². The number of pyridine rings is 1. The molecule has 72 valence electrons. The second-order valence-corrected chi connectivity index (χ2v) is 4.65. The fraction of sp³-hybridized carbons (Fsp3) is 0.300. The zero-order valence-electron chi connectivity index (χ0n) is 7.57. The molecule has 1 saturated carbocycles. The summed E-state index contributed by atoms with van der Waals surface area (Å²) in [4.78, 5) is 4.41. The molecule has 0 radical (unpaired) electrons. The average Bonchev–Trinajstić information content (AvgIpc) is 2.93. The summed E-state index contributed by atoms with van der Waals surface area (Å²) in [5, 5.41) is 0. The molecule has 0 amide bonds. The molecule has 2 aromatic rings. The molecule has 1 aliphatic carbocycles. The van der Waals surface area contributed by atoms with Crippen molar-refractivity contribution in [3.8, 4) is 0 Å². The minimum Gasteiger partial charge on any atom is -0.382 e. The van der Waals surface area contributed by atoms with E-state index in [2.05, 4.69) is 25.3 Å². The van der Waals surface area contributed by atoms with Crippen LogP contribution in [0.3, 0.4) is 0 Å². The van der Waals surface area contributed by atoms with E-state index in [1.807, 2.05) is 18.3 Å². The van der Waals surface area contributed by atoms with Crippen molar-refractivity contribution >= 4 is 27.3 Å². The zero-order valence-corrected chi connectivity index (χ0v) is 9.16. The van der Waals surface area contributed by atoms with Gasteiger partial charge in [-0.05, 0) is 40.9 Å². The molecule has 0 aromatic carbocycles. The predicted octanol–water partition coefficient (Wildman–Crippen LogP) is 2.56. The van der Waals surface area contributed by atoms with Crippen molar-refractivity contribution in [3.63, 3.8) is 0 Å². The molecular formula is C10H10BrN3. The smallest absolute Gasteiger partial charge is 0.149 e. The molecule has 14 heavy (non-hydrogen) atoms. The van der Waals surface area contributed by atoms with E-state index in [-0.39, 0.29) is 0 Å². The molecule has 1 aliphatic rings. The third kappa shape index (κ3) is 1.14. The summed E-state index contributed by atoms with van der Waals surface area (Å²) < 4.78 is 3.15. The molecule has 4 heteroatoms. The molecule has 0 unspecified atom stereocenters. The summed E-state index contributed by atoms with van der Waals surface area (Å²) in [6.07, 6.45) is 4.52. The lowest BCUT2D eigenvalue weighted by Crippen LogP contribution is -1.91. The summed E-state index contributed by atoms with van der Waals surface area (Å²) >= 11 is 3.46. The predicted molar refractivity (Wildman–Crippen MR) is 59.3 cm³/mol. The van der Waals surface area contributed by atoms with E-state index in [4.69, 9.17) is 5.73 Å². The average molecular weight is 252 g/mol. The maximum atomic E-state index is 5.85. The van der Waals surface area contributed by atoms with E-state index < -0.39 is 0 Å². The Labute approximate surface area is 90.1 Å². The zero-order chi connectivity index (χ0) is 9.71. The van der Waals surface area contributed by atoms with Crippen molar-refractivity contribution in [1.82, 2.24) is 9.38 Å². The molecule has 0 atom stereocenters. The van der Waals surface area contributed by atoms with Gasteiger partial charge in [0.05, 0.1) is 5.52 Å². The Morgan fingerprint density at radius 3 is 2.93 bits per heavy atom. The van der Waals surface area contributed by atoms with Crippen LogP contribution in [0.5, 0.6) is 0 Å². The Kier molecular flexibility index (Phi) is 1.62. The van der Waals surface area contributed by atoms with Crippen molar-refractivity contribution in [2.24, 2.45) is 0 Å². The summed E-state index contributed by atoms with van der Waals surface area (Å²) in [7, 11) is 0. The van der Waals surface area contributed by atoms with Gasteiger partial charge in [0.2, 0.25) is 0 Å². The minimum absolute atomic E-state index is 0.620. The van der Waals surface area contributed by atoms with Crippen LogP contribution in [0.4, 0.5) is 5.82 Å². The van der Waals surface area contributed by atoms with Gasteiger partial charge in [-0.3, -0.25) is 0 Å². The van der Waals surface area contributed by atoms with Crippen LogP contribution in [0.2, 0.25) is 0 Å². The van der Waals surface area contributed by atoms with Gasteiger partial charge in [0, 0.05) is 16.6 Å². The van der Waals surface area contributed by atoms with Crippen LogP contribution in [-0.4, -0.2) is 9.38 Å². The topological polar surface area (TPSA) is 43.3 Å². The molecule has 0 saturated heterocycles. The fourth-order valence-corrected chi connectivity index (χ4v) is 2.07. The number of anilines is 1. The van der Waals surface area contributed by atoms with Crippen LogP contribution in [0, 0.1) is 0 Å². The quantitative estimate of drug-likeness (QED) is 0.847. The van der Waals surface area contributed by atoms with Crippen molar-refractivity contribution in [3.05, 3.63) is 28.6 Å². The van der Waals surface area contributed by atoms with Gasteiger partial charge < -0.3 is 10.1 Å². The second-order valence-electron chi connectivity index (χ2n) is 3.73. The molecule has 2 heterocycles. The SMILES string of the molecule is Nc1nc(C2CC2)n2cc(Br)ccc12. The van der Waals surface area contributed by atoms with Gasteiger partial charge in [0.25, 0.3) is 0 Å². The molecule has 3 rings (SSSR count). The molecular weight excluding hydrogens is 242 g/mol. The summed E-state index contributed by atoms with van der Waals surface area (Å²) in [6, 6.07) is 3.99. The Balaban J connectivity index is 2.33. The first-order valence-corrected chi connectivity index (χ1v) is 5.48. The van der Waals surface area contributed by atoms with Crippen LogP contribution in [0.1, 0.15) is 24.6 Å². The first kappa shape index (κ1) is 8.29. The Morgan fingerprint density at radius 1 is 1.43 bits per heavy atom. The number of hydrogen-bond acceptors (Lipinski definition) is 2.